The Balaban J connectivity index is 2.29. The fourth-order valence-corrected chi connectivity index (χ4v) is 2.35. The Bertz CT molecular complexity index is 490. The summed E-state index contributed by atoms with van der Waals surface area (Å²) in [6, 6.07) is 8.87. The van der Waals surface area contributed by atoms with Crippen molar-refractivity contribution in [1.82, 2.24) is 15.1 Å². The minimum Gasteiger partial charge on any atom is -0.306 e. The Morgan fingerprint density at radius 1 is 1.22 bits per heavy atom. The van der Waals surface area contributed by atoms with Crippen molar-refractivity contribution >= 4 is 22.6 Å². The number of aromatic nitrogens is 2. The number of halogens is 1. The van der Waals surface area contributed by atoms with Gasteiger partial charge in [0.1, 0.15) is 0 Å². The van der Waals surface area contributed by atoms with Crippen LogP contribution < -0.4 is 5.32 Å². The Morgan fingerprint density at radius 3 is 2.50 bits per heavy atom. The molecule has 0 radical (unpaired) electrons. The number of aryl methyl sites for hydroxylation is 1. The molecule has 0 saturated carbocycles. The fraction of sp³-hybridized carbons (Fsp3) is 0.357. The zero-order valence-corrected chi connectivity index (χ0v) is 12.9. The van der Waals surface area contributed by atoms with E-state index in [1.165, 1.54) is 14.7 Å². The van der Waals surface area contributed by atoms with Crippen molar-refractivity contribution in [2.75, 3.05) is 6.54 Å². The zero-order valence-electron chi connectivity index (χ0n) is 10.7. The van der Waals surface area contributed by atoms with Gasteiger partial charge in [0.15, 0.2) is 0 Å². The van der Waals surface area contributed by atoms with E-state index < -0.39 is 0 Å². The number of rotatable bonds is 5. The summed E-state index contributed by atoms with van der Waals surface area (Å²) in [5, 5.41) is 7.87. The normalized spacial score (nSPS) is 12.6. The number of hydrogen-bond acceptors (Lipinski definition) is 2. The fourth-order valence-electron chi connectivity index (χ4n) is 1.99. The van der Waals surface area contributed by atoms with Crippen molar-refractivity contribution in [2.24, 2.45) is 0 Å². The van der Waals surface area contributed by atoms with Crippen LogP contribution in [0.25, 0.3) is 0 Å². The first kappa shape index (κ1) is 13.5. The largest absolute Gasteiger partial charge is 0.306 e. The molecule has 4 heteroatoms. The third-order valence-corrected chi connectivity index (χ3v) is 3.64. The standard InChI is InChI=1S/C14H18IN3/c1-3-16-14(11-5-7-13(15)8-6-11)12-9-17-18(4-2)10-12/h5-10,14,16H,3-4H2,1-2H3. The lowest BCUT2D eigenvalue weighted by molar-refractivity contribution is 0.625. The molecule has 18 heavy (non-hydrogen) atoms. The van der Waals surface area contributed by atoms with Gasteiger partial charge in [-0.25, -0.2) is 0 Å². The van der Waals surface area contributed by atoms with E-state index in [1.807, 2.05) is 10.9 Å². The molecule has 0 bridgehead atoms. The third-order valence-electron chi connectivity index (χ3n) is 2.92. The van der Waals surface area contributed by atoms with Gasteiger partial charge in [0.25, 0.3) is 0 Å². The van der Waals surface area contributed by atoms with Crippen molar-refractivity contribution in [3.8, 4) is 0 Å². The van der Waals surface area contributed by atoms with Crippen molar-refractivity contribution in [3.05, 3.63) is 51.4 Å². The molecule has 0 amide bonds. The van der Waals surface area contributed by atoms with Crippen LogP contribution >= 0.6 is 22.6 Å². The molecule has 1 aromatic carbocycles. The van der Waals surface area contributed by atoms with Gasteiger partial charge in [-0.3, -0.25) is 4.68 Å². The molecule has 0 aliphatic carbocycles. The summed E-state index contributed by atoms with van der Waals surface area (Å²) in [6.45, 7) is 6.08. The lowest BCUT2D eigenvalue weighted by atomic mass is 10.0. The van der Waals surface area contributed by atoms with Crippen molar-refractivity contribution < 1.29 is 0 Å². The second-order valence-electron chi connectivity index (χ2n) is 4.17. The highest BCUT2D eigenvalue weighted by Gasteiger charge is 2.14. The monoisotopic (exact) mass is 355 g/mol. The maximum Gasteiger partial charge on any atom is 0.0607 e. The van der Waals surface area contributed by atoms with E-state index in [1.54, 1.807) is 0 Å². The molecule has 2 aromatic rings. The first-order valence-corrected chi connectivity index (χ1v) is 7.33. The average Bonchev–Trinajstić information content (AvgIpc) is 2.86. The molecule has 0 spiro atoms. The van der Waals surface area contributed by atoms with Crippen LogP contribution in [0.2, 0.25) is 0 Å². The Hall–Kier alpha value is -0.880. The minimum atomic E-state index is 0.229. The van der Waals surface area contributed by atoms with Crippen LogP contribution in [-0.2, 0) is 6.54 Å². The molecule has 0 saturated heterocycles. The van der Waals surface area contributed by atoms with Crippen LogP contribution in [0.5, 0.6) is 0 Å². The van der Waals surface area contributed by atoms with Crippen LogP contribution in [0.1, 0.15) is 31.0 Å². The first-order chi connectivity index (χ1) is 8.74. The van der Waals surface area contributed by atoms with Crippen LogP contribution in [0, 0.1) is 3.57 Å². The molecule has 1 N–H and O–H groups in total. The summed E-state index contributed by atoms with van der Waals surface area (Å²) >= 11 is 2.33. The highest BCUT2D eigenvalue weighted by Crippen LogP contribution is 2.22. The average molecular weight is 355 g/mol. The highest BCUT2D eigenvalue weighted by atomic mass is 127. The summed E-state index contributed by atoms with van der Waals surface area (Å²) in [4.78, 5) is 0. The van der Waals surface area contributed by atoms with Gasteiger partial charge in [-0.2, -0.15) is 5.10 Å². The molecule has 96 valence electrons. The van der Waals surface area contributed by atoms with Gasteiger partial charge in [-0.15, -0.1) is 0 Å². The summed E-state index contributed by atoms with van der Waals surface area (Å²) in [5.41, 5.74) is 2.51. The smallest absolute Gasteiger partial charge is 0.0607 e. The van der Waals surface area contributed by atoms with Crippen molar-refractivity contribution in [2.45, 2.75) is 26.4 Å². The second kappa shape index (κ2) is 6.33. The molecule has 2 rings (SSSR count). The molecule has 1 unspecified atom stereocenters. The van der Waals surface area contributed by atoms with Crippen LogP contribution in [0.4, 0.5) is 0 Å². The van der Waals surface area contributed by atoms with Gasteiger partial charge in [0, 0.05) is 21.9 Å². The van der Waals surface area contributed by atoms with Gasteiger partial charge in [-0.1, -0.05) is 19.1 Å². The summed E-state index contributed by atoms with van der Waals surface area (Å²) in [7, 11) is 0. The number of nitrogens with zero attached hydrogens (tertiary/aromatic N) is 2. The second-order valence-corrected chi connectivity index (χ2v) is 5.42. The summed E-state index contributed by atoms with van der Waals surface area (Å²) in [5.74, 6) is 0. The van der Waals surface area contributed by atoms with Gasteiger partial charge in [0.05, 0.1) is 12.2 Å². The van der Waals surface area contributed by atoms with E-state index in [2.05, 4.69) is 77.3 Å². The molecular weight excluding hydrogens is 337 g/mol. The topological polar surface area (TPSA) is 29.9 Å². The Labute approximate surface area is 122 Å². The van der Waals surface area contributed by atoms with Crippen LogP contribution in [0.3, 0.4) is 0 Å². The van der Waals surface area contributed by atoms with Crippen LogP contribution in [-0.4, -0.2) is 16.3 Å². The molecule has 3 nitrogen and oxygen atoms in total. The van der Waals surface area contributed by atoms with E-state index in [-0.39, 0.29) is 6.04 Å². The van der Waals surface area contributed by atoms with Crippen molar-refractivity contribution in [1.29, 1.82) is 0 Å². The van der Waals surface area contributed by atoms with Gasteiger partial charge in [0.2, 0.25) is 0 Å². The molecule has 0 aliphatic heterocycles. The maximum absolute atomic E-state index is 4.36. The molecule has 0 fully saturated rings. The van der Waals surface area contributed by atoms with E-state index in [9.17, 15) is 0 Å². The molecular formula is C14H18IN3. The SMILES string of the molecule is CCNC(c1ccc(I)cc1)c1cnn(CC)c1. The molecule has 1 atom stereocenters. The minimum absolute atomic E-state index is 0.229. The lowest BCUT2D eigenvalue weighted by Crippen LogP contribution is -2.21. The molecule has 1 aromatic heterocycles. The zero-order chi connectivity index (χ0) is 13.0. The third kappa shape index (κ3) is 3.11. The van der Waals surface area contributed by atoms with Gasteiger partial charge < -0.3 is 5.32 Å². The summed E-state index contributed by atoms with van der Waals surface area (Å²) in [6.07, 6.45) is 4.07. The van der Waals surface area contributed by atoms with E-state index in [0.717, 1.165) is 13.1 Å². The lowest BCUT2D eigenvalue weighted by Gasteiger charge is -2.16. The quantitative estimate of drug-likeness (QED) is 0.835. The molecule has 1 heterocycles. The maximum atomic E-state index is 4.36. The predicted octanol–water partition coefficient (Wildman–Crippen LogP) is 3.21. The van der Waals surface area contributed by atoms with Gasteiger partial charge in [-0.05, 0) is 53.8 Å². The first-order valence-electron chi connectivity index (χ1n) is 6.25. The van der Waals surface area contributed by atoms with E-state index in [4.69, 9.17) is 0 Å². The number of nitrogens with one attached hydrogen (secondary N) is 1. The van der Waals surface area contributed by atoms with E-state index >= 15 is 0 Å². The van der Waals surface area contributed by atoms with Gasteiger partial charge >= 0.3 is 0 Å². The van der Waals surface area contributed by atoms with E-state index in [0.29, 0.717) is 0 Å². The van der Waals surface area contributed by atoms with Crippen molar-refractivity contribution in [3.63, 3.8) is 0 Å². The van der Waals surface area contributed by atoms with Crippen LogP contribution in [0.15, 0.2) is 36.7 Å². The number of hydrogen-bond donors (Lipinski definition) is 1. The predicted molar refractivity (Wildman–Crippen MR) is 82.6 cm³/mol. The highest BCUT2D eigenvalue weighted by molar-refractivity contribution is 14.1. The Kier molecular flexibility index (Phi) is 4.77. The number of benzene rings is 1. The molecule has 0 aliphatic rings. The summed E-state index contributed by atoms with van der Waals surface area (Å²) < 4.78 is 3.22. The Morgan fingerprint density at radius 2 is 1.94 bits per heavy atom.